The Morgan fingerprint density at radius 3 is 2.40 bits per heavy atom. The molecule has 152 valence electrons. The molecule has 1 aliphatic rings. The van der Waals surface area contributed by atoms with Crippen molar-refractivity contribution in [1.82, 2.24) is 0 Å². The van der Waals surface area contributed by atoms with Crippen LogP contribution in [-0.4, -0.2) is 25.7 Å². The van der Waals surface area contributed by atoms with Crippen LogP contribution in [0.25, 0.3) is 0 Å². The number of carbonyl (C=O) groups is 1. The molecule has 1 N–H and O–H groups in total. The normalized spacial score (nSPS) is 15.6. The fourth-order valence-electron chi connectivity index (χ4n) is 3.74. The van der Waals surface area contributed by atoms with Gasteiger partial charge in [0.05, 0.1) is 17.4 Å². The number of hydrogen-bond donors (Lipinski definition) is 1. The Morgan fingerprint density at radius 2 is 1.73 bits per heavy atom. The molecular weight excluding hydrogens is 372 g/mol. The molecule has 3 aromatic carbocycles. The van der Waals surface area contributed by atoms with E-state index in [1.807, 2.05) is 56.6 Å². The van der Waals surface area contributed by atoms with Crippen molar-refractivity contribution in [1.29, 1.82) is 0 Å². The zero-order valence-corrected chi connectivity index (χ0v) is 17.5. The predicted octanol–water partition coefficient (Wildman–Crippen LogP) is 5.07. The molecule has 1 unspecified atom stereocenters. The van der Waals surface area contributed by atoms with Gasteiger partial charge in [-0.05, 0) is 47.5 Å². The van der Waals surface area contributed by atoms with Gasteiger partial charge in [-0.15, -0.1) is 0 Å². The molecule has 30 heavy (non-hydrogen) atoms. The topological polar surface area (TPSA) is 47.9 Å². The number of anilines is 3. The highest BCUT2D eigenvalue weighted by molar-refractivity contribution is 6.04. The highest BCUT2D eigenvalue weighted by Gasteiger charge is 2.30. The lowest BCUT2D eigenvalue weighted by Gasteiger charge is -2.24. The first-order valence-electron chi connectivity index (χ1n) is 10.1. The van der Waals surface area contributed by atoms with E-state index in [4.69, 9.17) is 5.10 Å². The van der Waals surface area contributed by atoms with Crippen molar-refractivity contribution in [3.05, 3.63) is 90.0 Å². The number of hydrazone groups is 1. The van der Waals surface area contributed by atoms with Gasteiger partial charge in [-0.25, -0.2) is 0 Å². The summed E-state index contributed by atoms with van der Waals surface area (Å²) in [6.07, 6.45) is 0.791. The first-order valence-corrected chi connectivity index (χ1v) is 10.1. The summed E-state index contributed by atoms with van der Waals surface area (Å²) in [6, 6.07) is 26.9. The summed E-state index contributed by atoms with van der Waals surface area (Å²) in [5.41, 5.74) is 6.27. The minimum absolute atomic E-state index is 0.0784. The molecule has 1 amide bonds. The van der Waals surface area contributed by atoms with Gasteiger partial charge in [-0.1, -0.05) is 42.5 Å². The second-order valence-corrected chi connectivity index (χ2v) is 7.69. The smallest absolute Gasteiger partial charge is 0.221 e. The van der Waals surface area contributed by atoms with E-state index in [1.54, 1.807) is 0 Å². The van der Waals surface area contributed by atoms with Gasteiger partial charge in [0, 0.05) is 38.8 Å². The van der Waals surface area contributed by atoms with E-state index in [-0.39, 0.29) is 11.9 Å². The maximum absolute atomic E-state index is 11.4. The summed E-state index contributed by atoms with van der Waals surface area (Å²) in [5, 5.41) is 9.95. The lowest BCUT2D eigenvalue weighted by molar-refractivity contribution is -0.114. The summed E-state index contributed by atoms with van der Waals surface area (Å²) < 4.78 is 0. The number of benzene rings is 3. The van der Waals surface area contributed by atoms with E-state index in [2.05, 4.69) is 51.6 Å². The first kappa shape index (κ1) is 19.7. The number of nitrogens with zero attached hydrogens (tertiary/aromatic N) is 3. The summed E-state index contributed by atoms with van der Waals surface area (Å²) in [6.45, 7) is 1.52. The molecule has 5 heteroatoms. The summed E-state index contributed by atoms with van der Waals surface area (Å²) >= 11 is 0. The van der Waals surface area contributed by atoms with Gasteiger partial charge in [0.25, 0.3) is 0 Å². The molecule has 0 aliphatic carbocycles. The van der Waals surface area contributed by atoms with Crippen LogP contribution in [0, 0.1) is 0 Å². The summed E-state index contributed by atoms with van der Waals surface area (Å²) in [4.78, 5) is 13.5. The number of carbonyl (C=O) groups excluding carboxylic acids is 1. The third kappa shape index (κ3) is 4.20. The molecule has 1 aliphatic heterocycles. The molecule has 3 aromatic rings. The van der Waals surface area contributed by atoms with Crippen molar-refractivity contribution in [2.75, 3.05) is 29.3 Å². The number of amides is 1. The molecule has 0 fully saturated rings. The van der Waals surface area contributed by atoms with E-state index >= 15 is 0 Å². The first-order chi connectivity index (χ1) is 14.5. The molecule has 0 bridgehead atoms. The Labute approximate surface area is 177 Å². The molecule has 1 heterocycles. The molecule has 0 aromatic heterocycles. The lowest BCUT2D eigenvalue weighted by Crippen LogP contribution is -2.18. The van der Waals surface area contributed by atoms with Crippen LogP contribution >= 0.6 is 0 Å². The van der Waals surface area contributed by atoms with Gasteiger partial charge in [0.1, 0.15) is 0 Å². The standard InChI is InChI=1S/C25H26N4O/c1-18(30)26-21-9-7-8-20(16-21)24-17-25(19-12-14-22(15-13-19)28(2)3)29(27-24)23-10-5-4-6-11-23/h4-16,25H,17H2,1-3H3,(H,26,30). The highest BCUT2D eigenvalue weighted by atomic mass is 16.1. The largest absolute Gasteiger partial charge is 0.378 e. The van der Waals surface area contributed by atoms with Crippen molar-refractivity contribution < 1.29 is 4.79 Å². The van der Waals surface area contributed by atoms with Crippen molar-refractivity contribution in [2.24, 2.45) is 5.10 Å². The Bertz CT molecular complexity index is 1060. The Hall–Kier alpha value is -3.60. The minimum Gasteiger partial charge on any atom is -0.378 e. The van der Waals surface area contributed by atoms with Crippen LogP contribution in [0.4, 0.5) is 17.1 Å². The van der Waals surface area contributed by atoms with Crippen molar-refractivity contribution >= 4 is 28.7 Å². The molecule has 0 saturated heterocycles. The number of para-hydroxylation sites is 1. The van der Waals surface area contributed by atoms with Crippen LogP contribution in [0.15, 0.2) is 84.0 Å². The van der Waals surface area contributed by atoms with Crippen molar-refractivity contribution in [2.45, 2.75) is 19.4 Å². The fraction of sp³-hybridized carbons (Fsp3) is 0.200. The molecule has 0 spiro atoms. The molecule has 0 radical (unpaired) electrons. The van der Waals surface area contributed by atoms with Crippen molar-refractivity contribution in [3.63, 3.8) is 0 Å². The van der Waals surface area contributed by atoms with E-state index in [9.17, 15) is 4.79 Å². The van der Waals surface area contributed by atoms with E-state index in [0.717, 1.165) is 29.1 Å². The number of nitrogens with one attached hydrogen (secondary N) is 1. The van der Waals surface area contributed by atoms with Crippen LogP contribution in [0.2, 0.25) is 0 Å². The van der Waals surface area contributed by atoms with Gasteiger partial charge in [0.2, 0.25) is 5.91 Å². The molecule has 4 rings (SSSR count). The molecule has 0 saturated carbocycles. The average Bonchev–Trinajstić information content (AvgIpc) is 3.20. The zero-order valence-electron chi connectivity index (χ0n) is 17.5. The third-order valence-electron chi connectivity index (χ3n) is 5.24. The van der Waals surface area contributed by atoms with Crippen LogP contribution in [-0.2, 0) is 4.79 Å². The van der Waals surface area contributed by atoms with Gasteiger partial charge in [-0.2, -0.15) is 5.10 Å². The molecular formula is C25H26N4O. The second-order valence-electron chi connectivity index (χ2n) is 7.69. The third-order valence-corrected chi connectivity index (χ3v) is 5.24. The van der Waals surface area contributed by atoms with Crippen LogP contribution < -0.4 is 15.2 Å². The molecule has 1 atom stereocenters. The van der Waals surface area contributed by atoms with E-state index < -0.39 is 0 Å². The SMILES string of the molecule is CC(=O)Nc1cccc(C2=NN(c3ccccc3)C(c3ccc(N(C)C)cc3)C2)c1. The highest BCUT2D eigenvalue weighted by Crippen LogP contribution is 2.37. The maximum atomic E-state index is 11.4. The Morgan fingerprint density at radius 1 is 1.00 bits per heavy atom. The fourth-order valence-corrected chi connectivity index (χ4v) is 3.74. The Kier molecular flexibility index (Phi) is 5.53. The monoisotopic (exact) mass is 398 g/mol. The van der Waals surface area contributed by atoms with Crippen LogP contribution in [0.1, 0.15) is 30.5 Å². The van der Waals surface area contributed by atoms with Gasteiger partial charge < -0.3 is 10.2 Å². The van der Waals surface area contributed by atoms with Crippen LogP contribution in [0.3, 0.4) is 0 Å². The maximum Gasteiger partial charge on any atom is 0.221 e. The zero-order chi connectivity index (χ0) is 21.1. The van der Waals surface area contributed by atoms with Gasteiger partial charge in [-0.3, -0.25) is 9.80 Å². The summed E-state index contributed by atoms with van der Waals surface area (Å²) in [7, 11) is 4.09. The predicted molar refractivity (Wildman–Crippen MR) is 124 cm³/mol. The number of rotatable bonds is 5. The van der Waals surface area contributed by atoms with Gasteiger partial charge >= 0.3 is 0 Å². The second kappa shape index (κ2) is 8.41. The lowest BCUT2D eigenvalue weighted by atomic mass is 9.97. The van der Waals surface area contributed by atoms with Crippen LogP contribution in [0.5, 0.6) is 0 Å². The number of hydrogen-bond acceptors (Lipinski definition) is 4. The Balaban J connectivity index is 1.69. The quantitative estimate of drug-likeness (QED) is 0.653. The van der Waals surface area contributed by atoms with E-state index in [0.29, 0.717) is 0 Å². The van der Waals surface area contributed by atoms with E-state index in [1.165, 1.54) is 18.2 Å². The molecule has 5 nitrogen and oxygen atoms in total. The average molecular weight is 399 g/mol. The van der Waals surface area contributed by atoms with Gasteiger partial charge in [0.15, 0.2) is 0 Å². The minimum atomic E-state index is -0.0784. The summed E-state index contributed by atoms with van der Waals surface area (Å²) in [5.74, 6) is -0.0784. The van der Waals surface area contributed by atoms with Crippen molar-refractivity contribution in [3.8, 4) is 0 Å².